The fraction of sp³-hybridized carbons (Fsp3) is 0.346. The zero-order valence-corrected chi connectivity index (χ0v) is 21.8. The molecule has 2 aromatic carbocycles. The number of nitrogens with one attached hydrogen (secondary N) is 3. The molecule has 0 bridgehead atoms. The smallest absolute Gasteiger partial charge is 0.259 e. The Morgan fingerprint density at radius 2 is 1.92 bits per heavy atom. The number of aliphatic hydroxyl groups is 1. The molecule has 0 amide bonds. The molecule has 0 aliphatic rings. The van der Waals surface area contributed by atoms with Gasteiger partial charge in [-0.05, 0) is 48.9 Å². The molecular weight excluding hydrogens is 490 g/mol. The summed E-state index contributed by atoms with van der Waals surface area (Å²) in [6, 6.07) is 15.6. The third kappa shape index (κ3) is 6.82. The summed E-state index contributed by atoms with van der Waals surface area (Å²) in [5, 5.41) is 16.3. The van der Waals surface area contributed by atoms with E-state index in [9.17, 15) is 13.9 Å². The Labute approximate surface area is 219 Å². The first kappa shape index (κ1) is 26.5. The number of fused-ring (bicyclic) bond motifs is 1. The highest BCUT2D eigenvalue weighted by molar-refractivity contribution is 7.80. The standard InChI is InChI=1S/C26H33N7O3S/c1-3-21(16-34)29-26-30-24(27-15-19-9-5-4-6-10-19)23-25(31-26)33(17-28-23)14-8-12-20-11-7-13-22(18(20)2)32-37(35)36/h4-7,9-11,13,17,21,32,34H,3,8,12,14-16H2,1-2H3,(H,35,36)(H2,27,29,30,31)/t21-/m1/s1. The molecule has 4 rings (SSSR count). The van der Waals surface area contributed by atoms with Crippen LogP contribution in [0.1, 0.15) is 36.5 Å². The maximum Gasteiger partial charge on any atom is 0.259 e. The second-order valence-corrected chi connectivity index (χ2v) is 9.52. The van der Waals surface area contributed by atoms with Crippen molar-refractivity contribution in [2.75, 3.05) is 22.0 Å². The number of aryl methyl sites for hydroxylation is 2. The lowest BCUT2D eigenvalue weighted by Gasteiger charge is -2.16. The number of nitrogens with zero attached hydrogens (tertiary/aromatic N) is 4. The molecule has 5 N–H and O–H groups in total. The number of anilines is 3. The normalized spacial score (nSPS) is 12.9. The lowest BCUT2D eigenvalue weighted by molar-refractivity contribution is 0.271. The third-order valence-electron chi connectivity index (χ3n) is 6.30. The lowest BCUT2D eigenvalue weighted by Crippen LogP contribution is -2.24. The lowest BCUT2D eigenvalue weighted by atomic mass is 10.0. The molecule has 0 aliphatic carbocycles. The molecule has 2 heterocycles. The first-order valence-corrected chi connectivity index (χ1v) is 13.4. The van der Waals surface area contributed by atoms with E-state index in [-0.39, 0.29) is 12.6 Å². The van der Waals surface area contributed by atoms with Crippen LogP contribution in [0.4, 0.5) is 17.5 Å². The Hall–Kier alpha value is -3.54. The van der Waals surface area contributed by atoms with Crippen molar-refractivity contribution in [2.45, 2.75) is 52.2 Å². The number of aliphatic hydroxyl groups excluding tert-OH is 1. The SMILES string of the molecule is CC[C@H](CO)Nc1nc(NCc2ccccc2)c2ncn(CCCc3cccc(NS(=O)O)c3C)c2n1. The Morgan fingerprint density at radius 1 is 1.11 bits per heavy atom. The van der Waals surface area contributed by atoms with Gasteiger partial charge in [-0.2, -0.15) is 9.97 Å². The molecule has 0 radical (unpaired) electrons. The van der Waals surface area contributed by atoms with Crippen molar-refractivity contribution in [3.63, 3.8) is 0 Å². The van der Waals surface area contributed by atoms with Gasteiger partial charge in [0.25, 0.3) is 11.3 Å². The van der Waals surface area contributed by atoms with E-state index in [1.165, 1.54) is 0 Å². The summed E-state index contributed by atoms with van der Waals surface area (Å²) in [6.07, 6.45) is 4.13. The minimum atomic E-state index is -2.11. The maximum absolute atomic E-state index is 11.2. The number of benzene rings is 2. The summed E-state index contributed by atoms with van der Waals surface area (Å²) in [5.41, 5.74) is 5.24. The first-order chi connectivity index (χ1) is 18.0. The topological polar surface area (TPSA) is 137 Å². The van der Waals surface area contributed by atoms with Crippen molar-refractivity contribution in [1.82, 2.24) is 19.5 Å². The number of rotatable bonds is 13. The van der Waals surface area contributed by atoms with Gasteiger partial charge < -0.3 is 20.3 Å². The highest BCUT2D eigenvalue weighted by atomic mass is 32.2. The van der Waals surface area contributed by atoms with E-state index in [0.29, 0.717) is 41.7 Å². The van der Waals surface area contributed by atoms with E-state index in [2.05, 4.69) is 25.3 Å². The van der Waals surface area contributed by atoms with Gasteiger partial charge in [0.15, 0.2) is 17.0 Å². The largest absolute Gasteiger partial charge is 0.394 e. The molecule has 0 spiro atoms. The number of hydrogen-bond acceptors (Lipinski definition) is 7. The van der Waals surface area contributed by atoms with Crippen LogP contribution in [0.15, 0.2) is 54.9 Å². The minimum Gasteiger partial charge on any atom is -0.394 e. The van der Waals surface area contributed by atoms with Crippen LogP contribution in [0.2, 0.25) is 0 Å². The number of imidazole rings is 1. The third-order valence-corrected chi connectivity index (χ3v) is 6.70. The van der Waals surface area contributed by atoms with Gasteiger partial charge in [-0.1, -0.05) is 49.4 Å². The van der Waals surface area contributed by atoms with Crippen molar-refractivity contribution in [2.24, 2.45) is 0 Å². The Bertz CT molecular complexity index is 1340. The summed E-state index contributed by atoms with van der Waals surface area (Å²) >= 11 is -2.11. The average Bonchev–Trinajstić information content (AvgIpc) is 3.31. The van der Waals surface area contributed by atoms with Crippen LogP contribution in [0, 0.1) is 6.92 Å². The van der Waals surface area contributed by atoms with Crippen LogP contribution in [0.3, 0.4) is 0 Å². The van der Waals surface area contributed by atoms with E-state index < -0.39 is 11.3 Å². The van der Waals surface area contributed by atoms with Gasteiger partial charge in [0.1, 0.15) is 0 Å². The van der Waals surface area contributed by atoms with Crippen LogP contribution < -0.4 is 15.4 Å². The summed E-state index contributed by atoms with van der Waals surface area (Å²) in [4.78, 5) is 14.0. The van der Waals surface area contributed by atoms with E-state index in [1.54, 1.807) is 12.4 Å². The van der Waals surface area contributed by atoms with Gasteiger partial charge in [0.2, 0.25) is 5.95 Å². The Kier molecular flexibility index (Phi) is 9.04. The first-order valence-electron chi connectivity index (χ1n) is 12.3. The molecule has 4 aromatic rings. The van der Waals surface area contributed by atoms with Gasteiger partial charge >= 0.3 is 0 Å². The van der Waals surface area contributed by atoms with Gasteiger partial charge in [-0.3, -0.25) is 9.27 Å². The zero-order valence-electron chi connectivity index (χ0n) is 21.0. The van der Waals surface area contributed by atoms with Gasteiger partial charge in [-0.15, -0.1) is 0 Å². The van der Waals surface area contributed by atoms with Crippen molar-refractivity contribution < 1.29 is 13.9 Å². The molecule has 11 heteroatoms. The molecule has 37 heavy (non-hydrogen) atoms. The molecule has 0 saturated heterocycles. The fourth-order valence-electron chi connectivity index (χ4n) is 4.14. The van der Waals surface area contributed by atoms with Crippen LogP contribution in [0.5, 0.6) is 0 Å². The average molecular weight is 524 g/mol. The number of hydrogen-bond donors (Lipinski definition) is 5. The molecular formula is C26H33N7O3S. The summed E-state index contributed by atoms with van der Waals surface area (Å²) < 4.78 is 24.9. The Morgan fingerprint density at radius 3 is 2.65 bits per heavy atom. The predicted molar refractivity (Wildman–Crippen MR) is 148 cm³/mol. The highest BCUT2D eigenvalue weighted by Gasteiger charge is 2.16. The van der Waals surface area contributed by atoms with Crippen molar-refractivity contribution in [3.05, 3.63) is 71.5 Å². The number of aromatic nitrogens is 4. The second kappa shape index (κ2) is 12.6. The van der Waals surface area contributed by atoms with Crippen molar-refractivity contribution in [1.29, 1.82) is 0 Å². The molecule has 2 atom stereocenters. The van der Waals surface area contributed by atoms with E-state index in [4.69, 9.17) is 4.98 Å². The van der Waals surface area contributed by atoms with Crippen LogP contribution >= 0.6 is 0 Å². The molecule has 1 unspecified atom stereocenters. The summed E-state index contributed by atoms with van der Waals surface area (Å²) in [6.45, 7) is 5.21. The zero-order chi connectivity index (χ0) is 26.2. The summed E-state index contributed by atoms with van der Waals surface area (Å²) in [7, 11) is 0. The predicted octanol–water partition coefficient (Wildman–Crippen LogP) is 4.11. The van der Waals surface area contributed by atoms with Crippen LogP contribution in [-0.4, -0.2) is 46.0 Å². The minimum absolute atomic E-state index is 0.0128. The molecule has 196 valence electrons. The van der Waals surface area contributed by atoms with E-state index >= 15 is 0 Å². The quantitative estimate of drug-likeness (QED) is 0.165. The fourth-order valence-corrected chi connectivity index (χ4v) is 4.54. The van der Waals surface area contributed by atoms with Gasteiger partial charge in [-0.25, -0.2) is 9.19 Å². The van der Waals surface area contributed by atoms with Crippen molar-refractivity contribution >= 4 is 39.9 Å². The van der Waals surface area contributed by atoms with E-state index in [1.807, 2.05) is 60.9 Å². The second-order valence-electron chi connectivity index (χ2n) is 8.82. The molecule has 2 aromatic heterocycles. The Balaban J connectivity index is 1.55. The molecule has 0 saturated carbocycles. The maximum atomic E-state index is 11.2. The molecule has 0 fully saturated rings. The monoisotopic (exact) mass is 523 g/mol. The van der Waals surface area contributed by atoms with Gasteiger partial charge in [0, 0.05) is 13.1 Å². The molecule has 0 aliphatic heterocycles. The van der Waals surface area contributed by atoms with Gasteiger partial charge in [0.05, 0.1) is 24.7 Å². The summed E-state index contributed by atoms with van der Waals surface area (Å²) in [5.74, 6) is 1.08. The van der Waals surface area contributed by atoms with E-state index in [0.717, 1.165) is 36.0 Å². The highest BCUT2D eigenvalue weighted by Crippen LogP contribution is 2.24. The van der Waals surface area contributed by atoms with Crippen LogP contribution in [-0.2, 0) is 30.8 Å². The van der Waals surface area contributed by atoms with Crippen molar-refractivity contribution in [3.8, 4) is 0 Å². The molecule has 10 nitrogen and oxygen atoms in total. The van der Waals surface area contributed by atoms with Crippen LogP contribution in [0.25, 0.3) is 11.2 Å².